The molecule has 0 radical (unpaired) electrons. The van der Waals surface area contributed by atoms with Gasteiger partial charge in [0.05, 0.1) is 0 Å². The Kier molecular flexibility index (Phi) is 5.45. The van der Waals surface area contributed by atoms with Crippen LogP contribution in [0.3, 0.4) is 0 Å². The van der Waals surface area contributed by atoms with E-state index < -0.39 is 0 Å². The van der Waals surface area contributed by atoms with Crippen molar-refractivity contribution >= 4 is 11.8 Å². The summed E-state index contributed by atoms with van der Waals surface area (Å²) in [4.78, 5) is 22.8. The maximum Gasteiger partial charge on any atom is 0.220 e. The van der Waals surface area contributed by atoms with Gasteiger partial charge in [0.25, 0.3) is 0 Å². The molecule has 0 aromatic heterocycles. The maximum atomic E-state index is 11.5. The largest absolute Gasteiger partial charge is 0.353 e. The molecule has 0 spiro atoms. The van der Waals surface area contributed by atoms with Gasteiger partial charge in [-0.15, -0.1) is 0 Å². The predicted octanol–water partition coefficient (Wildman–Crippen LogP) is 1.60. The van der Waals surface area contributed by atoms with Gasteiger partial charge in [0.15, 0.2) is 0 Å². The fraction of sp³-hybridized carbons (Fsp3) is 0.846. The van der Waals surface area contributed by atoms with Gasteiger partial charge in [0.1, 0.15) is 0 Å². The minimum absolute atomic E-state index is 0.128. The fourth-order valence-corrected chi connectivity index (χ4v) is 2.04. The summed E-state index contributed by atoms with van der Waals surface area (Å²) >= 11 is 0. The number of hydrogen-bond acceptors (Lipinski definition) is 2. The van der Waals surface area contributed by atoms with E-state index in [1.54, 1.807) is 0 Å². The number of rotatable bonds is 6. The third kappa shape index (κ3) is 5.20. The van der Waals surface area contributed by atoms with Gasteiger partial charge >= 0.3 is 0 Å². The summed E-state index contributed by atoms with van der Waals surface area (Å²) in [5, 5.41) is 5.96. The molecule has 0 heterocycles. The van der Waals surface area contributed by atoms with E-state index in [1.165, 1.54) is 0 Å². The monoisotopic (exact) mass is 240 g/mol. The van der Waals surface area contributed by atoms with E-state index in [9.17, 15) is 9.59 Å². The Morgan fingerprint density at radius 3 is 2.12 bits per heavy atom. The first-order chi connectivity index (χ1) is 8.01. The number of amides is 2. The first kappa shape index (κ1) is 14.0. The van der Waals surface area contributed by atoms with Crippen LogP contribution in [0, 0.1) is 5.92 Å². The lowest BCUT2D eigenvalue weighted by Gasteiger charge is -2.36. The molecule has 0 aliphatic heterocycles. The zero-order valence-corrected chi connectivity index (χ0v) is 11.1. The van der Waals surface area contributed by atoms with Crippen molar-refractivity contribution in [2.24, 2.45) is 5.92 Å². The topological polar surface area (TPSA) is 58.2 Å². The molecule has 4 nitrogen and oxygen atoms in total. The lowest BCUT2D eigenvalue weighted by atomic mass is 9.86. The summed E-state index contributed by atoms with van der Waals surface area (Å²) in [6, 6.07) is 0.520. The van der Waals surface area contributed by atoms with Gasteiger partial charge in [-0.1, -0.05) is 20.8 Å². The molecular formula is C13H24N2O2. The number of carbonyl (C=O) groups is 2. The van der Waals surface area contributed by atoms with E-state index in [1.807, 2.05) is 20.8 Å². The van der Waals surface area contributed by atoms with Gasteiger partial charge in [-0.3, -0.25) is 9.59 Å². The molecule has 1 rings (SSSR count). The maximum absolute atomic E-state index is 11.5. The molecule has 17 heavy (non-hydrogen) atoms. The highest BCUT2D eigenvalue weighted by Gasteiger charge is 2.31. The van der Waals surface area contributed by atoms with Crippen LogP contribution in [0.1, 0.15) is 52.9 Å². The van der Waals surface area contributed by atoms with Crippen molar-refractivity contribution in [2.75, 3.05) is 0 Å². The molecule has 4 heteroatoms. The quantitative estimate of drug-likeness (QED) is 0.741. The Balaban J connectivity index is 2.11. The molecule has 1 aliphatic carbocycles. The summed E-state index contributed by atoms with van der Waals surface area (Å²) < 4.78 is 0. The van der Waals surface area contributed by atoms with Gasteiger partial charge in [0.2, 0.25) is 11.8 Å². The normalized spacial score (nSPS) is 23.1. The molecule has 1 fully saturated rings. The van der Waals surface area contributed by atoms with E-state index in [0.29, 0.717) is 18.8 Å². The van der Waals surface area contributed by atoms with Crippen LogP contribution < -0.4 is 10.6 Å². The molecule has 0 aromatic carbocycles. The summed E-state index contributed by atoms with van der Waals surface area (Å²) in [5.41, 5.74) is 0. The molecule has 0 unspecified atom stereocenters. The molecule has 1 saturated carbocycles. The minimum Gasteiger partial charge on any atom is -0.353 e. The van der Waals surface area contributed by atoms with Crippen LogP contribution in [0.2, 0.25) is 0 Å². The molecule has 1 aliphatic rings. The number of nitrogens with one attached hydrogen (secondary N) is 2. The van der Waals surface area contributed by atoms with Crippen molar-refractivity contribution < 1.29 is 9.59 Å². The number of carbonyl (C=O) groups excluding carboxylic acids is 2. The standard InChI is InChI=1S/C13H24N2O2/c1-4-5-12(16)14-10-7-11(8-10)15-13(17)6-9(2)3/h9-11H,4-8H2,1-3H3,(H,14,16)(H,15,17). The molecule has 2 amide bonds. The molecule has 0 bridgehead atoms. The molecule has 2 N–H and O–H groups in total. The Bertz CT molecular complexity index is 271. The van der Waals surface area contributed by atoms with E-state index >= 15 is 0 Å². The van der Waals surface area contributed by atoms with Gasteiger partial charge < -0.3 is 10.6 Å². The van der Waals surface area contributed by atoms with Crippen molar-refractivity contribution in [1.82, 2.24) is 10.6 Å². The Morgan fingerprint density at radius 2 is 1.65 bits per heavy atom. The van der Waals surface area contributed by atoms with Crippen LogP contribution in [-0.2, 0) is 9.59 Å². The second-order valence-electron chi connectivity index (χ2n) is 5.35. The first-order valence-corrected chi connectivity index (χ1v) is 6.60. The average Bonchev–Trinajstić information content (AvgIpc) is 2.13. The average molecular weight is 240 g/mol. The van der Waals surface area contributed by atoms with Crippen LogP contribution in [-0.4, -0.2) is 23.9 Å². The van der Waals surface area contributed by atoms with Crippen LogP contribution in [0.5, 0.6) is 0 Å². The third-order valence-electron chi connectivity index (χ3n) is 2.94. The van der Waals surface area contributed by atoms with Crippen LogP contribution in [0.15, 0.2) is 0 Å². The number of hydrogen-bond donors (Lipinski definition) is 2. The molecule has 98 valence electrons. The van der Waals surface area contributed by atoms with E-state index in [2.05, 4.69) is 10.6 Å². The van der Waals surface area contributed by atoms with Gasteiger partial charge in [-0.05, 0) is 25.2 Å². The Morgan fingerprint density at radius 1 is 1.12 bits per heavy atom. The highest BCUT2D eigenvalue weighted by Crippen LogP contribution is 2.20. The highest BCUT2D eigenvalue weighted by atomic mass is 16.2. The fourth-order valence-electron chi connectivity index (χ4n) is 2.04. The van der Waals surface area contributed by atoms with Gasteiger partial charge in [-0.2, -0.15) is 0 Å². The van der Waals surface area contributed by atoms with E-state index in [4.69, 9.17) is 0 Å². The second-order valence-corrected chi connectivity index (χ2v) is 5.35. The Hall–Kier alpha value is -1.06. The predicted molar refractivity (Wildman–Crippen MR) is 67.5 cm³/mol. The second kappa shape index (κ2) is 6.62. The molecule has 0 saturated heterocycles. The summed E-state index contributed by atoms with van der Waals surface area (Å²) in [6.07, 6.45) is 3.82. The van der Waals surface area contributed by atoms with Gasteiger partial charge in [-0.25, -0.2) is 0 Å². The molecule has 0 atom stereocenters. The lowest BCUT2D eigenvalue weighted by molar-refractivity contribution is -0.123. The lowest BCUT2D eigenvalue weighted by Crippen LogP contribution is -2.53. The molecular weight excluding hydrogens is 216 g/mol. The summed E-state index contributed by atoms with van der Waals surface area (Å²) in [7, 11) is 0. The zero-order valence-electron chi connectivity index (χ0n) is 11.1. The van der Waals surface area contributed by atoms with Crippen LogP contribution in [0.4, 0.5) is 0 Å². The van der Waals surface area contributed by atoms with Crippen molar-refractivity contribution in [1.29, 1.82) is 0 Å². The smallest absolute Gasteiger partial charge is 0.220 e. The van der Waals surface area contributed by atoms with Crippen molar-refractivity contribution in [3.63, 3.8) is 0 Å². The zero-order chi connectivity index (χ0) is 12.8. The molecule has 0 aromatic rings. The van der Waals surface area contributed by atoms with Crippen molar-refractivity contribution in [3.8, 4) is 0 Å². The van der Waals surface area contributed by atoms with Crippen LogP contribution >= 0.6 is 0 Å². The SMILES string of the molecule is CCCC(=O)NC1CC(NC(=O)CC(C)C)C1. The van der Waals surface area contributed by atoms with Crippen molar-refractivity contribution in [3.05, 3.63) is 0 Å². The third-order valence-corrected chi connectivity index (χ3v) is 2.94. The Labute approximate surface area is 104 Å². The summed E-state index contributed by atoms with van der Waals surface area (Å²) in [6.45, 7) is 6.07. The minimum atomic E-state index is 0.128. The van der Waals surface area contributed by atoms with Crippen LogP contribution in [0.25, 0.3) is 0 Å². The van der Waals surface area contributed by atoms with Gasteiger partial charge in [0, 0.05) is 24.9 Å². The van der Waals surface area contributed by atoms with Crippen molar-refractivity contribution in [2.45, 2.75) is 65.0 Å². The summed E-state index contributed by atoms with van der Waals surface area (Å²) in [5.74, 6) is 0.655. The van der Waals surface area contributed by atoms with E-state index in [-0.39, 0.29) is 23.9 Å². The van der Waals surface area contributed by atoms with E-state index in [0.717, 1.165) is 19.3 Å². The first-order valence-electron chi connectivity index (χ1n) is 6.60. The highest BCUT2D eigenvalue weighted by molar-refractivity contribution is 5.77.